The predicted octanol–water partition coefficient (Wildman–Crippen LogP) is 6.43. The minimum Gasteiger partial charge on any atom is -0.490 e. The summed E-state index contributed by atoms with van der Waals surface area (Å²) in [5, 5.41) is 10.3. The molecule has 0 bridgehead atoms. The van der Waals surface area contributed by atoms with Gasteiger partial charge in [-0.2, -0.15) is 26.3 Å². The van der Waals surface area contributed by atoms with Crippen molar-refractivity contribution in [1.29, 1.82) is 0 Å². The Bertz CT molecular complexity index is 985. The van der Waals surface area contributed by atoms with E-state index >= 15 is 0 Å². The van der Waals surface area contributed by atoms with Crippen LogP contribution in [0.15, 0.2) is 36.4 Å². The lowest BCUT2D eigenvalue weighted by Crippen LogP contribution is -2.48. The Kier molecular flexibility index (Phi) is 8.93. The summed E-state index contributed by atoms with van der Waals surface area (Å²) in [7, 11) is 0. The molecule has 1 aromatic heterocycles. The van der Waals surface area contributed by atoms with Crippen LogP contribution >= 0.6 is 11.6 Å². The minimum absolute atomic E-state index is 0.0254. The number of benzene rings is 1. The predicted molar refractivity (Wildman–Crippen MR) is 119 cm³/mol. The normalized spacial score (nSPS) is 20.2. The van der Waals surface area contributed by atoms with Gasteiger partial charge in [0.25, 0.3) is 0 Å². The molecule has 1 N–H and O–H groups in total. The van der Waals surface area contributed by atoms with Crippen molar-refractivity contribution in [1.82, 2.24) is 9.88 Å². The van der Waals surface area contributed by atoms with E-state index < -0.39 is 36.7 Å². The first-order chi connectivity index (χ1) is 16.4. The van der Waals surface area contributed by atoms with Gasteiger partial charge in [0, 0.05) is 24.2 Å². The lowest BCUT2D eigenvalue weighted by atomic mass is 9.91. The van der Waals surface area contributed by atoms with Crippen LogP contribution in [-0.4, -0.2) is 46.0 Å². The maximum Gasteiger partial charge on any atom is 0.433 e. The van der Waals surface area contributed by atoms with E-state index in [1.807, 2.05) is 13.0 Å². The number of alkyl halides is 6. The van der Waals surface area contributed by atoms with E-state index in [-0.39, 0.29) is 18.3 Å². The minimum atomic E-state index is -4.86. The van der Waals surface area contributed by atoms with Crippen molar-refractivity contribution in [2.24, 2.45) is 0 Å². The third kappa shape index (κ3) is 7.72. The Balaban J connectivity index is 1.78. The summed E-state index contributed by atoms with van der Waals surface area (Å²) in [5.41, 5.74) is -0.241. The molecule has 1 heterocycles. The molecule has 1 fully saturated rings. The average Bonchev–Trinajstić information content (AvgIpc) is 2.79. The van der Waals surface area contributed by atoms with Crippen LogP contribution in [0.3, 0.4) is 0 Å². The van der Waals surface area contributed by atoms with Crippen molar-refractivity contribution in [3.05, 3.63) is 58.4 Å². The van der Waals surface area contributed by atoms with Gasteiger partial charge in [0.15, 0.2) is 6.10 Å². The van der Waals surface area contributed by atoms with Crippen LogP contribution in [0.5, 0.6) is 5.75 Å². The highest BCUT2D eigenvalue weighted by Gasteiger charge is 2.41. The summed E-state index contributed by atoms with van der Waals surface area (Å²) in [4.78, 5) is 4.95. The van der Waals surface area contributed by atoms with E-state index in [2.05, 4.69) is 4.98 Å². The van der Waals surface area contributed by atoms with Gasteiger partial charge in [-0.1, -0.05) is 24.6 Å². The smallest absolute Gasteiger partial charge is 0.433 e. The van der Waals surface area contributed by atoms with Gasteiger partial charge in [-0.15, -0.1) is 0 Å². The number of rotatable bonds is 8. The lowest BCUT2D eigenvalue weighted by molar-refractivity contribution is -0.210. The van der Waals surface area contributed by atoms with Crippen molar-refractivity contribution in [3.63, 3.8) is 0 Å². The zero-order valence-electron chi connectivity index (χ0n) is 19.0. The molecular weight excluding hydrogens is 498 g/mol. The maximum atomic E-state index is 13.1. The number of pyridine rings is 1. The first-order valence-electron chi connectivity index (χ1n) is 11.3. The summed E-state index contributed by atoms with van der Waals surface area (Å²) in [5.74, 6) is 0.596. The van der Waals surface area contributed by atoms with Gasteiger partial charge in [-0.25, -0.2) is 4.98 Å². The molecule has 1 aromatic carbocycles. The second-order valence-corrected chi connectivity index (χ2v) is 9.07. The van der Waals surface area contributed by atoms with Crippen LogP contribution < -0.4 is 4.74 Å². The monoisotopic (exact) mass is 524 g/mol. The zero-order chi connectivity index (χ0) is 25.8. The molecular formula is C24H27ClF6N2O2. The summed E-state index contributed by atoms with van der Waals surface area (Å²) < 4.78 is 84.7. The van der Waals surface area contributed by atoms with Crippen molar-refractivity contribution in [2.45, 2.75) is 76.2 Å². The summed E-state index contributed by atoms with van der Waals surface area (Å²) in [6, 6.07) is 8.13. The number of aliphatic hydroxyl groups excluding tert-OH is 1. The van der Waals surface area contributed by atoms with Crippen LogP contribution in [0.2, 0.25) is 5.02 Å². The van der Waals surface area contributed by atoms with Gasteiger partial charge in [-0.3, -0.25) is 4.90 Å². The third-order valence-corrected chi connectivity index (χ3v) is 6.43. The van der Waals surface area contributed by atoms with E-state index in [1.165, 1.54) is 17.0 Å². The first kappa shape index (κ1) is 27.5. The SMILES string of the molecule is CCc1cc(OC2CCCC(N(Cc3cccc(C(F)(F)F)n3)CC(O)C(F)(F)F)C2)ccc1Cl. The summed E-state index contributed by atoms with van der Waals surface area (Å²) >= 11 is 6.15. The highest BCUT2D eigenvalue weighted by molar-refractivity contribution is 6.31. The molecule has 3 atom stereocenters. The highest BCUT2D eigenvalue weighted by Crippen LogP contribution is 2.32. The number of hydrogen-bond donors (Lipinski definition) is 1. The van der Waals surface area contributed by atoms with Crippen LogP contribution in [0.4, 0.5) is 26.3 Å². The van der Waals surface area contributed by atoms with Crippen LogP contribution in [0.25, 0.3) is 0 Å². The van der Waals surface area contributed by atoms with E-state index in [0.717, 1.165) is 11.6 Å². The van der Waals surface area contributed by atoms with Crippen molar-refractivity contribution >= 4 is 11.6 Å². The van der Waals surface area contributed by atoms with Gasteiger partial charge < -0.3 is 9.84 Å². The highest BCUT2D eigenvalue weighted by atomic mass is 35.5. The Morgan fingerprint density at radius 1 is 1.14 bits per heavy atom. The van der Waals surface area contributed by atoms with Gasteiger partial charge in [0.05, 0.1) is 5.69 Å². The molecule has 194 valence electrons. The zero-order valence-corrected chi connectivity index (χ0v) is 19.8. The fourth-order valence-electron chi connectivity index (χ4n) is 4.25. The first-order valence-corrected chi connectivity index (χ1v) is 11.7. The molecule has 0 spiro atoms. The van der Waals surface area contributed by atoms with Gasteiger partial charge in [-0.05, 0) is 68.0 Å². The molecule has 3 unspecified atom stereocenters. The number of ether oxygens (including phenoxy) is 1. The molecule has 35 heavy (non-hydrogen) atoms. The van der Waals surface area contributed by atoms with Crippen LogP contribution in [0, 0.1) is 0 Å². The Hall–Kier alpha value is -2.04. The van der Waals surface area contributed by atoms with Crippen LogP contribution in [0.1, 0.15) is 49.6 Å². The molecule has 0 radical (unpaired) electrons. The fourth-order valence-corrected chi connectivity index (χ4v) is 4.50. The van der Waals surface area contributed by atoms with E-state index in [4.69, 9.17) is 16.3 Å². The summed E-state index contributed by atoms with van der Waals surface area (Å²) in [6.45, 7) is 0.905. The van der Waals surface area contributed by atoms with Gasteiger partial charge in [0.1, 0.15) is 17.5 Å². The van der Waals surface area contributed by atoms with E-state index in [9.17, 15) is 31.4 Å². The van der Waals surface area contributed by atoms with E-state index in [1.54, 1.807) is 12.1 Å². The molecule has 3 rings (SSSR count). The molecule has 0 aliphatic heterocycles. The van der Waals surface area contributed by atoms with Crippen molar-refractivity contribution < 1.29 is 36.2 Å². The third-order valence-electron chi connectivity index (χ3n) is 6.06. The van der Waals surface area contributed by atoms with Crippen molar-refractivity contribution in [3.8, 4) is 5.75 Å². The van der Waals surface area contributed by atoms with Crippen molar-refractivity contribution in [2.75, 3.05) is 6.54 Å². The molecule has 0 amide bonds. The average molecular weight is 525 g/mol. The second-order valence-electron chi connectivity index (χ2n) is 8.67. The largest absolute Gasteiger partial charge is 0.490 e. The van der Waals surface area contributed by atoms with Crippen LogP contribution in [-0.2, 0) is 19.1 Å². The number of aliphatic hydroxyl groups is 1. The van der Waals surface area contributed by atoms with Gasteiger partial charge >= 0.3 is 12.4 Å². The Labute approximate surface area is 204 Å². The standard InChI is InChI=1S/C24H27ClF6N2O2/c1-2-15-11-19(9-10-20(15)25)35-18-7-4-6-17(12-18)33(14-22(34)24(29,30)31)13-16-5-3-8-21(32-16)23(26,27)28/h3,5,8-11,17-18,22,34H,2,4,6-7,12-14H2,1H3. The van der Waals surface area contributed by atoms with Gasteiger partial charge in [0.2, 0.25) is 0 Å². The number of nitrogens with zero attached hydrogens (tertiary/aromatic N) is 2. The quantitative estimate of drug-likeness (QED) is 0.404. The maximum absolute atomic E-state index is 13.1. The molecule has 0 saturated heterocycles. The number of hydrogen-bond acceptors (Lipinski definition) is 4. The Morgan fingerprint density at radius 3 is 2.54 bits per heavy atom. The molecule has 1 aliphatic carbocycles. The Morgan fingerprint density at radius 2 is 1.89 bits per heavy atom. The number of aromatic nitrogens is 1. The molecule has 1 saturated carbocycles. The molecule has 11 heteroatoms. The number of aryl methyl sites for hydroxylation is 1. The molecule has 2 aromatic rings. The molecule has 4 nitrogen and oxygen atoms in total. The number of halogens is 7. The molecule has 1 aliphatic rings. The summed E-state index contributed by atoms with van der Waals surface area (Å²) in [6.07, 6.45) is -9.57. The fraction of sp³-hybridized carbons (Fsp3) is 0.542. The lowest BCUT2D eigenvalue weighted by Gasteiger charge is -2.38. The van der Waals surface area contributed by atoms with E-state index in [0.29, 0.717) is 42.9 Å². The second kappa shape index (κ2) is 11.3. The topological polar surface area (TPSA) is 45.6 Å².